The van der Waals surface area contributed by atoms with E-state index in [0.29, 0.717) is 4.80 Å². The molecule has 0 atom stereocenters. The Morgan fingerprint density at radius 2 is 1.77 bits per heavy atom. The zero-order valence-electron chi connectivity index (χ0n) is 11.7. The van der Waals surface area contributed by atoms with Gasteiger partial charge < -0.3 is 9.30 Å². The number of nitrogens with one attached hydrogen (secondary N) is 1. The number of rotatable bonds is 4. The Bertz CT molecular complexity index is 827. The molecular weight excluding hydrogens is 320 g/mol. The highest BCUT2D eigenvalue weighted by Crippen LogP contribution is 2.16. The third-order valence-corrected chi connectivity index (χ3v) is 4.12. The number of ether oxygens (including phenoxy) is 1. The molecule has 0 unspecified atom stereocenters. The van der Waals surface area contributed by atoms with Crippen LogP contribution in [0.2, 0.25) is 0 Å². The van der Waals surface area contributed by atoms with E-state index in [1.165, 1.54) is 11.3 Å². The maximum atomic E-state index is 12.0. The van der Waals surface area contributed by atoms with Crippen molar-refractivity contribution < 1.29 is 9.53 Å². The third kappa shape index (κ3) is 3.55. The van der Waals surface area contributed by atoms with E-state index in [0.717, 1.165) is 15.8 Å². The van der Waals surface area contributed by atoms with Gasteiger partial charge in [0.05, 0.1) is 10.2 Å². The monoisotopic (exact) mass is 334 g/mol. The van der Waals surface area contributed by atoms with E-state index in [1.54, 1.807) is 4.57 Å². The Balaban J connectivity index is 0.00000176. The minimum atomic E-state index is -0.332. The van der Waals surface area contributed by atoms with Crippen LogP contribution in [-0.2, 0) is 22.7 Å². The second kappa shape index (κ2) is 7.24. The minimum absolute atomic E-state index is 0. The van der Waals surface area contributed by atoms with Crippen molar-refractivity contribution in [3.05, 3.63) is 65.0 Å². The van der Waals surface area contributed by atoms with E-state index < -0.39 is 0 Å². The van der Waals surface area contributed by atoms with Crippen molar-refractivity contribution in [1.82, 2.24) is 4.57 Å². The summed E-state index contributed by atoms with van der Waals surface area (Å²) in [4.78, 5) is 12.3. The van der Waals surface area contributed by atoms with Gasteiger partial charge in [0, 0.05) is 0 Å². The average molecular weight is 335 g/mol. The molecule has 1 heterocycles. The molecule has 0 aliphatic heterocycles. The normalized spacial score (nSPS) is 10.2. The summed E-state index contributed by atoms with van der Waals surface area (Å²) in [6.45, 7) is 0.325. The number of halogens is 1. The first-order chi connectivity index (χ1) is 10.2. The molecule has 0 aliphatic carbocycles. The summed E-state index contributed by atoms with van der Waals surface area (Å²) in [5, 5.41) is 7.96. The van der Waals surface area contributed by atoms with Crippen LogP contribution in [0.1, 0.15) is 5.56 Å². The van der Waals surface area contributed by atoms with Crippen LogP contribution in [0.15, 0.2) is 54.6 Å². The summed E-state index contributed by atoms with van der Waals surface area (Å²) >= 11 is 1.36. The van der Waals surface area contributed by atoms with E-state index in [9.17, 15) is 4.79 Å². The number of benzene rings is 2. The number of esters is 1. The fourth-order valence-corrected chi connectivity index (χ4v) is 3.02. The number of hydrogen-bond donors (Lipinski definition) is 1. The standard InChI is InChI=1S/C16H14N2O2S.ClH/c17-16-18(13-8-4-5-9-14(13)21-16)10-15(19)20-11-12-6-2-1-3-7-12;/h1-9,17H,10-11H2;1H. The molecule has 4 nitrogen and oxygen atoms in total. The third-order valence-electron chi connectivity index (χ3n) is 3.14. The molecule has 6 heteroatoms. The SMILES string of the molecule is Cl.N=c1sc2ccccc2n1CC(=O)OCc1ccccc1. The van der Waals surface area contributed by atoms with Crippen LogP contribution in [-0.4, -0.2) is 10.5 Å². The van der Waals surface area contributed by atoms with Crippen molar-refractivity contribution in [1.29, 1.82) is 5.41 Å². The number of fused-ring (bicyclic) bond motifs is 1. The number of carbonyl (C=O) groups excluding carboxylic acids is 1. The molecule has 0 radical (unpaired) electrons. The Hall–Kier alpha value is -2.11. The predicted octanol–water partition coefficient (Wildman–Crippen LogP) is 3.35. The molecule has 114 valence electrons. The Kier molecular flexibility index (Phi) is 5.35. The first kappa shape index (κ1) is 16.3. The predicted molar refractivity (Wildman–Crippen MR) is 89.2 cm³/mol. The van der Waals surface area contributed by atoms with Crippen LogP contribution < -0.4 is 4.80 Å². The molecule has 0 bridgehead atoms. The Morgan fingerprint density at radius 1 is 1.09 bits per heavy atom. The number of hydrogen-bond acceptors (Lipinski definition) is 4. The summed E-state index contributed by atoms with van der Waals surface area (Å²) in [6, 6.07) is 17.3. The first-order valence-electron chi connectivity index (χ1n) is 6.56. The Morgan fingerprint density at radius 3 is 2.55 bits per heavy atom. The van der Waals surface area contributed by atoms with Gasteiger partial charge in [-0.3, -0.25) is 10.2 Å². The van der Waals surface area contributed by atoms with Crippen molar-refractivity contribution in [2.24, 2.45) is 0 Å². The zero-order valence-corrected chi connectivity index (χ0v) is 13.3. The lowest BCUT2D eigenvalue weighted by Crippen LogP contribution is -2.21. The first-order valence-corrected chi connectivity index (χ1v) is 7.38. The van der Waals surface area contributed by atoms with Crippen LogP contribution >= 0.6 is 23.7 Å². The van der Waals surface area contributed by atoms with Gasteiger partial charge in [-0.2, -0.15) is 0 Å². The number of carbonyl (C=O) groups is 1. The van der Waals surface area contributed by atoms with Crippen molar-refractivity contribution >= 4 is 39.9 Å². The molecule has 0 spiro atoms. The van der Waals surface area contributed by atoms with Gasteiger partial charge in [-0.25, -0.2) is 0 Å². The fourth-order valence-electron chi connectivity index (χ4n) is 2.10. The van der Waals surface area contributed by atoms with E-state index in [2.05, 4.69) is 0 Å². The van der Waals surface area contributed by atoms with Crippen LogP contribution in [0.5, 0.6) is 0 Å². The number of nitrogens with zero attached hydrogens (tertiary/aromatic N) is 1. The highest BCUT2D eigenvalue weighted by molar-refractivity contribution is 7.16. The number of thiazole rings is 1. The molecule has 3 rings (SSSR count). The van der Waals surface area contributed by atoms with Crippen molar-refractivity contribution in [2.75, 3.05) is 0 Å². The molecule has 0 fully saturated rings. The van der Waals surface area contributed by atoms with Gasteiger partial charge in [0.15, 0.2) is 4.80 Å². The minimum Gasteiger partial charge on any atom is -0.459 e. The summed E-state index contributed by atoms with van der Waals surface area (Å²) in [7, 11) is 0. The van der Waals surface area contributed by atoms with Gasteiger partial charge in [-0.05, 0) is 17.7 Å². The summed E-state index contributed by atoms with van der Waals surface area (Å²) in [5.74, 6) is -0.332. The molecule has 2 aromatic carbocycles. The molecule has 1 N–H and O–H groups in total. The smallest absolute Gasteiger partial charge is 0.326 e. The van der Waals surface area contributed by atoms with E-state index in [-0.39, 0.29) is 31.5 Å². The van der Waals surface area contributed by atoms with E-state index >= 15 is 0 Å². The number of para-hydroxylation sites is 1. The second-order valence-corrected chi connectivity index (χ2v) is 5.64. The highest BCUT2D eigenvalue weighted by Gasteiger charge is 2.10. The molecule has 1 aromatic heterocycles. The topological polar surface area (TPSA) is 55.1 Å². The van der Waals surface area contributed by atoms with Crippen LogP contribution in [0.25, 0.3) is 10.2 Å². The van der Waals surface area contributed by atoms with Gasteiger partial charge in [0.2, 0.25) is 0 Å². The van der Waals surface area contributed by atoms with Crippen LogP contribution in [0.3, 0.4) is 0 Å². The summed E-state index contributed by atoms with van der Waals surface area (Å²) < 4.78 is 7.94. The lowest BCUT2D eigenvalue weighted by Gasteiger charge is -2.06. The van der Waals surface area contributed by atoms with Gasteiger partial charge in [-0.1, -0.05) is 53.8 Å². The molecule has 22 heavy (non-hydrogen) atoms. The summed E-state index contributed by atoms with van der Waals surface area (Å²) in [6.07, 6.45) is 0. The quantitative estimate of drug-likeness (QED) is 0.744. The van der Waals surface area contributed by atoms with Crippen molar-refractivity contribution in [3.8, 4) is 0 Å². The van der Waals surface area contributed by atoms with E-state index in [1.807, 2.05) is 54.6 Å². The zero-order chi connectivity index (χ0) is 14.7. The van der Waals surface area contributed by atoms with Gasteiger partial charge in [0.1, 0.15) is 13.2 Å². The largest absolute Gasteiger partial charge is 0.459 e. The average Bonchev–Trinajstić information content (AvgIpc) is 2.82. The van der Waals surface area contributed by atoms with Crippen LogP contribution in [0, 0.1) is 5.41 Å². The molecule has 0 saturated heterocycles. The fraction of sp³-hybridized carbons (Fsp3) is 0.125. The van der Waals surface area contributed by atoms with Crippen molar-refractivity contribution in [3.63, 3.8) is 0 Å². The van der Waals surface area contributed by atoms with Gasteiger partial charge in [0.25, 0.3) is 0 Å². The number of aromatic nitrogens is 1. The van der Waals surface area contributed by atoms with Gasteiger partial charge in [-0.15, -0.1) is 12.4 Å². The molecule has 3 aromatic rings. The lowest BCUT2D eigenvalue weighted by molar-refractivity contribution is -0.145. The van der Waals surface area contributed by atoms with E-state index in [4.69, 9.17) is 10.1 Å². The molecule has 0 saturated carbocycles. The molecule has 0 aliphatic rings. The summed E-state index contributed by atoms with van der Waals surface area (Å²) in [5.41, 5.74) is 1.85. The molecule has 0 amide bonds. The maximum absolute atomic E-state index is 12.0. The maximum Gasteiger partial charge on any atom is 0.326 e. The van der Waals surface area contributed by atoms with Crippen molar-refractivity contribution in [2.45, 2.75) is 13.2 Å². The molecular formula is C16H15ClN2O2S. The second-order valence-electron chi connectivity index (χ2n) is 4.61. The lowest BCUT2D eigenvalue weighted by atomic mass is 10.2. The highest BCUT2D eigenvalue weighted by atomic mass is 35.5. The van der Waals surface area contributed by atoms with Gasteiger partial charge >= 0.3 is 5.97 Å². The Labute approximate surface area is 137 Å². The van der Waals surface area contributed by atoms with Crippen LogP contribution in [0.4, 0.5) is 0 Å².